The Balaban J connectivity index is 1.81. The molecule has 7 nitrogen and oxygen atoms in total. The van der Waals surface area contributed by atoms with Gasteiger partial charge < -0.3 is 10.6 Å². The standard InChI is InChI=1S/C20H23N3O4/c24-18(12-11-15-7-3-1-4-8-15)21-14-17(20(26)23-27)22-19(25)13-16-9-5-2-6-10-16/h1-10,17,27H,11-14H2,(H,21,24)(H,22,25)(H,23,26)/t17-/m0/s1. The van der Waals surface area contributed by atoms with E-state index in [4.69, 9.17) is 5.21 Å². The van der Waals surface area contributed by atoms with E-state index < -0.39 is 11.9 Å². The molecule has 0 fully saturated rings. The molecule has 0 aromatic heterocycles. The second-order valence-electron chi connectivity index (χ2n) is 6.05. The molecule has 27 heavy (non-hydrogen) atoms. The third-order valence-electron chi connectivity index (χ3n) is 3.96. The van der Waals surface area contributed by atoms with Crippen molar-refractivity contribution in [3.8, 4) is 0 Å². The van der Waals surface area contributed by atoms with Gasteiger partial charge in [-0.15, -0.1) is 0 Å². The Labute approximate surface area is 157 Å². The molecule has 2 rings (SSSR count). The minimum absolute atomic E-state index is 0.0952. The molecule has 142 valence electrons. The van der Waals surface area contributed by atoms with Gasteiger partial charge in [0.25, 0.3) is 5.91 Å². The predicted octanol–water partition coefficient (Wildman–Crippen LogP) is 0.968. The van der Waals surface area contributed by atoms with Gasteiger partial charge in [-0.3, -0.25) is 19.6 Å². The molecule has 0 aliphatic carbocycles. The van der Waals surface area contributed by atoms with Crippen LogP contribution in [-0.2, 0) is 27.2 Å². The van der Waals surface area contributed by atoms with Crippen LogP contribution in [0.1, 0.15) is 17.5 Å². The highest BCUT2D eigenvalue weighted by molar-refractivity contribution is 5.88. The molecule has 2 aromatic carbocycles. The Morgan fingerprint density at radius 2 is 1.44 bits per heavy atom. The van der Waals surface area contributed by atoms with Crippen molar-refractivity contribution in [1.29, 1.82) is 0 Å². The van der Waals surface area contributed by atoms with Crippen LogP contribution in [0.3, 0.4) is 0 Å². The lowest BCUT2D eigenvalue weighted by molar-refractivity contribution is -0.134. The number of hydrogen-bond acceptors (Lipinski definition) is 4. The van der Waals surface area contributed by atoms with Gasteiger partial charge in [-0.2, -0.15) is 0 Å². The Kier molecular flexibility index (Phi) is 7.99. The Bertz CT molecular complexity index is 750. The van der Waals surface area contributed by atoms with Crippen LogP contribution >= 0.6 is 0 Å². The quantitative estimate of drug-likeness (QED) is 0.390. The van der Waals surface area contributed by atoms with Crippen molar-refractivity contribution in [3.63, 3.8) is 0 Å². The van der Waals surface area contributed by atoms with Crippen LogP contribution in [0.4, 0.5) is 0 Å². The molecule has 0 radical (unpaired) electrons. The van der Waals surface area contributed by atoms with Crippen molar-refractivity contribution >= 4 is 17.7 Å². The zero-order chi connectivity index (χ0) is 19.5. The van der Waals surface area contributed by atoms with Crippen LogP contribution in [0.2, 0.25) is 0 Å². The lowest BCUT2D eigenvalue weighted by atomic mass is 10.1. The molecule has 0 heterocycles. The van der Waals surface area contributed by atoms with E-state index in [2.05, 4.69) is 10.6 Å². The zero-order valence-electron chi connectivity index (χ0n) is 14.9. The van der Waals surface area contributed by atoms with E-state index in [9.17, 15) is 14.4 Å². The number of benzene rings is 2. The molecule has 0 aliphatic heterocycles. The van der Waals surface area contributed by atoms with Crippen LogP contribution in [0.5, 0.6) is 0 Å². The molecule has 0 unspecified atom stereocenters. The van der Waals surface area contributed by atoms with Crippen molar-refractivity contribution in [2.24, 2.45) is 0 Å². The monoisotopic (exact) mass is 369 g/mol. The van der Waals surface area contributed by atoms with Gasteiger partial charge in [0.05, 0.1) is 6.42 Å². The molecule has 0 aliphatic rings. The summed E-state index contributed by atoms with van der Waals surface area (Å²) in [6.07, 6.45) is 0.928. The predicted molar refractivity (Wildman–Crippen MR) is 99.8 cm³/mol. The summed E-state index contributed by atoms with van der Waals surface area (Å²) in [5.74, 6) is -1.42. The first-order valence-electron chi connectivity index (χ1n) is 8.66. The fourth-order valence-electron chi connectivity index (χ4n) is 2.52. The minimum atomic E-state index is -1.06. The molecule has 0 bridgehead atoms. The number of carbonyl (C=O) groups excluding carboxylic acids is 3. The second kappa shape index (κ2) is 10.7. The summed E-state index contributed by atoms with van der Waals surface area (Å²) >= 11 is 0. The highest BCUT2D eigenvalue weighted by atomic mass is 16.5. The van der Waals surface area contributed by atoms with Gasteiger partial charge in [-0.05, 0) is 17.5 Å². The van der Waals surface area contributed by atoms with Crippen LogP contribution in [0, 0.1) is 0 Å². The lowest BCUT2D eigenvalue weighted by Crippen LogP contribution is -2.52. The Morgan fingerprint density at radius 3 is 2.04 bits per heavy atom. The maximum atomic E-state index is 12.1. The molecule has 0 saturated heterocycles. The van der Waals surface area contributed by atoms with Crippen LogP contribution < -0.4 is 16.1 Å². The number of nitrogens with one attached hydrogen (secondary N) is 3. The molecular formula is C20H23N3O4. The van der Waals surface area contributed by atoms with Crippen molar-refractivity contribution in [1.82, 2.24) is 16.1 Å². The number of carbonyl (C=O) groups is 3. The fraction of sp³-hybridized carbons (Fsp3) is 0.250. The fourth-order valence-corrected chi connectivity index (χ4v) is 2.52. The van der Waals surface area contributed by atoms with E-state index in [-0.39, 0.29) is 31.2 Å². The molecule has 1 atom stereocenters. The maximum Gasteiger partial charge on any atom is 0.267 e. The van der Waals surface area contributed by atoms with Gasteiger partial charge in [0.15, 0.2) is 0 Å². The van der Waals surface area contributed by atoms with E-state index in [1.54, 1.807) is 12.1 Å². The van der Waals surface area contributed by atoms with E-state index >= 15 is 0 Å². The normalized spacial score (nSPS) is 11.3. The van der Waals surface area contributed by atoms with Crippen molar-refractivity contribution in [2.45, 2.75) is 25.3 Å². The van der Waals surface area contributed by atoms with Crippen molar-refractivity contribution < 1.29 is 19.6 Å². The summed E-state index contributed by atoms with van der Waals surface area (Å²) in [5.41, 5.74) is 3.34. The zero-order valence-corrected chi connectivity index (χ0v) is 14.9. The first-order valence-corrected chi connectivity index (χ1v) is 8.66. The van der Waals surface area contributed by atoms with E-state index in [0.717, 1.165) is 11.1 Å². The smallest absolute Gasteiger partial charge is 0.267 e. The number of hydrogen-bond donors (Lipinski definition) is 4. The number of aryl methyl sites for hydroxylation is 1. The molecule has 0 spiro atoms. The van der Waals surface area contributed by atoms with Gasteiger partial charge in [0.1, 0.15) is 6.04 Å². The summed E-state index contributed by atoms with van der Waals surface area (Å²) in [4.78, 5) is 35.9. The SMILES string of the molecule is O=C(CCc1ccccc1)NC[C@H](NC(=O)Cc1ccccc1)C(=O)NO. The highest BCUT2D eigenvalue weighted by Crippen LogP contribution is 2.02. The minimum Gasteiger partial charge on any atom is -0.353 e. The number of hydroxylamine groups is 1. The summed E-state index contributed by atoms with van der Waals surface area (Å²) in [5, 5.41) is 14.0. The van der Waals surface area contributed by atoms with E-state index in [0.29, 0.717) is 6.42 Å². The lowest BCUT2D eigenvalue weighted by Gasteiger charge is -2.17. The summed E-state index contributed by atoms with van der Waals surface area (Å²) in [6, 6.07) is 17.6. The van der Waals surface area contributed by atoms with E-state index in [1.165, 1.54) is 5.48 Å². The van der Waals surface area contributed by atoms with E-state index in [1.807, 2.05) is 48.5 Å². The van der Waals surface area contributed by atoms with Crippen molar-refractivity contribution in [2.75, 3.05) is 6.54 Å². The van der Waals surface area contributed by atoms with Gasteiger partial charge in [-0.25, -0.2) is 5.48 Å². The van der Waals surface area contributed by atoms with Gasteiger partial charge in [-0.1, -0.05) is 60.7 Å². The van der Waals surface area contributed by atoms with Gasteiger partial charge >= 0.3 is 0 Å². The summed E-state index contributed by atoms with van der Waals surface area (Å²) in [6.45, 7) is -0.111. The van der Waals surface area contributed by atoms with Crippen molar-refractivity contribution in [3.05, 3.63) is 71.8 Å². The molecule has 2 aromatic rings. The maximum absolute atomic E-state index is 12.1. The van der Waals surface area contributed by atoms with Crippen LogP contribution in [0.15, 0.2) is 60.7 Å². The number of amides is 3. The molecular weight excluding hydrogens is 346 g/mol. The first-order chi connectivity index (χ1) is 13.1. The van der Waals surface area contributed by atoms with Gasteiger partial charge in [0.2, 0.25) is 11.8 Å². The Hall–Kier alpha value is -3.19. The van der Waals surface area contributed by atoms with Gasteiger partial charge in [0, 0.05) is 13.0 Å². The largest absolute Gasteiger partial charge is 0.353 e. The first kappa shape index (κ1) is 20.1. The average Bonchev–Trinajstić information content (AvgIpc) is 2.70. The third-order valence-corrected chi connectivity index (χ3v) is 3.96. The molecule has 4 N–H and O–H groups in total. The molecule has 3 amide bonds. The second-order valence-corrected chi connectivity index (χ2v) is 6.05. The summed E-state index contributed by atoms with van der Waals surface area (Å²) < 4.78 is 0. The highest BCUT2D eigenvalue weighted by Gasteiger charge is 2.21. The Morgan fingerprint density at radius 1 is 0.852 bits per heavy atom. The molecule has 0 saturated carbocycles. The average molecular weight is 369 g/mol. The number of rotatable bonds is 9. The summed E-state index contributed by atoms with van der Waals surface area (Å²) in [7, 11) is 0. The third kappa shape index (κ3) is 7.29. The topological polar surface area (TPSA) is 108 Å². The van der Waals surface area contributed by atoms with Crippen LogP contribution in [-0.4, -0.2) is 35.5 Å². The molecule has 7 heteroatoms. The van der Waals surface area contributed by atoms with Crippen LogP contribution in [0.25, 0.3) is 0 Å².